The number of nitrogens with zero attached hydrogens (tertiary/aromatic N) is 4. The number of nitrogens with one attached hydrogen (secondary N) is 1. The molecule has 0 unspecified atom stereocenters. The first-order chi connectivity index (χ1) is 15.5. The Balaban J connectivity index is 1.24. The van der Waals surface area contributed by atoms with Crippen LogP contribution in [-0.2, 0) is 0 Å². The number of ether oxygens (including phenoxy) is 1. The summed E-state index contributed by atoms with van der Waals surface area (Å²) in [7, 11) is 0. The Morgan fingerprint density at radius 3 is 2.47 bits per heavy atom. The van der Waals surface area contributed by atoms with E-state index in [1.165, 1.54) is 0 Å². The number of amides is 1. The highest BCUT2D eigenvalue weighted by molar-refractivity contribution is 6.33. The van der Waals surface area contributed by atoms with Crippen LogP contribution in [0.15, 0.2) is 30.6 Å². The third kappa shape index (κ3) is 5.47. The molecule has 2 fully saturated rings. The Hall–Kier alpha value is -2.89. The van der Waals surface area contributed by atoms with E-state index in [2.05, 4.69) is 20.1 Å². The Labute approximate surface area is 192 Å². The zero-order valence-electron chi connectivity index (χ0n) is 17.7. The average molecular weight is 456 g/mol. The summed E-state index contributed by atoms with van der Waals surface area (Å²) in [6, 6.07) is 5.19. The summed E-state index contributed by atoms with van der Waals surface area (Å²) in [6.45, 7) is 8.49. The molecule has 8 nitrogen and oxygen atoms in total. The van der Waals surface area contributed by atoms with Crippen LogP contribution in [0.3, 0.4) is 0 Å². The zero-order chi connectivity index (χ0) is 22.5. The van der Waals surface area contributed by atoms with Gasteiger partial charge >= 0.3 is 0 Å². The Bertz CT molecular complexity index is 978. The third-order valence-corrected chi connectivity index (χ3v) is 6.30. The molecule has 1 saturated carbocycles. The molecule has 1 aromatic carbocycles. The van der Waals surface area contributed by atoms with Crippen molar-refractivity contribution < 1.29 is 14.6 Å². The molecule has 2 aromatic rings. The van der Waals surface area contributed by atoms with Gasteiger partial charge in [-0.3, -0.25) is 4.79 Å². The standard InChI is InChI=1S/C23H26ClN5O3/c1-25-21-7-6-19(12-20(21)24)32-18-4-2-16(3-5-18)28-22(31)15-13-26-23(27-14-15)29-10-8-17(30)9-11-29/h6-7,12-14,16-18,30H,2-5,8-11H2,(H,28,31). The van der Waals surface area contributed by atoms with Crippen molar-refractivity contribution in [3.8, 4) is 5.75 Å². The zero-order valence-corrected chi connectivity index (χ0v) is 18.5. The normalized spacial score (nSPS) is 21.6. The van der Waals surface area contributed by atoms with Crippen molar-refractivity contribution in [1.82, 2.24) is 15.3 Å². The molecule has 0 spiro atoms. The Morgan fingerprint density at radius 2 is 1.84 bits per heavy atom. The molecular weight excluding hydrogens is 430 g/mol. The van der Waals surface area contributed by atoms with Crippen LogP contribution in [0.25, 0.3) is 4.85 Å². The lowest BCUT2D eigenvalue weighted by Gasteiger charge is -2.30. The van der Waals surface area contributed by atoms with Crippen LogP contribution in [-0.4, -0.2) is 52.3 Å². The maximum Gasteiger partial charge on any atom is 0.254 e. The van der Waals surface area contributed by atoms with E-state index in [9.17, 15) is 9.90 Å². The molecule has 0 atom stereocenters. The van der Waals surface area contributed by atoms with E-state index in [0.717, 1.165) is 25.7 Å². The van der Waals surface area contributed by atoms with Crippen LogP contribution in [0.1, 0.15) is 48.9 Å². The second-order valence-corrected chi connectivity index (χ2v) is 8.69. The molecule has 1 aromatic heterocycles. The molecule has 32 heavy (non-hydrogen) atoms. The first-order valence-electron chi connectivity index (χ1n) is 10.9. The first-order valence-corrected chi connectivity index (χ1v) is 11.3. The van der Waals surface area contributed by atoms with Gasteiger partial charge in [-0.2, -0.15) is 0 Å². The highest BCUT2D eigenvalue weighted by Gasteiger charge is 2.25. The SMILES string of the molecule is [C-]#[N+]c1ccc(OC2CCC(NC(=O)c3cnc(N4CCC(O)CC4)nc3)CC2)cc1Cl. The number of hydrogen-bond donors (Lipinski definition) is 2. The lowest BCUT2D eigenvalue weighted by atomic mass is 9.92. The smallest absolute Gasteiger partial charge is 0.254 e. The molecule has 1 amide bonds. The van der Waals surface area contributed by atoms with Gasteiger partial charge < -0.3 is 20.1 Å². The van der Waals surface area contributed by atoms with Gasteiger partial charge in [-0.25, -0.2) is 14.8 Å². The molecule has 168 valence electrons. The molecule has 0 radical (unpaired) electrons. The molecule has 9 heteroatoms. The fraction of sp³-hybridized carbons (Fsp3) is 0.478. The van der Waals surface area contributed by atoms with Crippen molar-refractivity contribution in [2.75, 3.05) is 18.0 Å². The van der Waals surface area contributed by atoms with Crippen LogP contribution in [0.2, 0.25) is 5.02 Å². The highest BCUT2D eigenvalue weighted by Crippen LogP contribution is 2.31. The van der Waals surface area contributed by atoms with Gasteiger partial charge in [-0.15, -0.1) is 0 Å². The summed E-state index contributed by atoms with van der Waals surface area (Å²) in [4.78, 5) is 26.7. The molecule has 1 aliphatic heterocycles. The third-order valence-electron chi connectivity index (χ3n) is 6.00. The predicted octanol–water partition coefficient (Wildman–Crippen LogP) is 3.76. The molecule has 2 heterocycles. The van der Waals surface area contributed by atoms with Crippen molar-refractivity contribution in [1.29, 1.82) is 0 Å². The molecular formula is C23H26ClN5O3. The Kier molecular flexibility index (Phi) is 7.08. The number of anilines is 1. The summed E-state index contributed by atoms with van der Waals surface area (Å²) < 4.78 is 6.01. The summed E-state index contributed by atoms with van der Waals surface area (Å²) in [5.41, 5.74) is 0.857. The van der Waals surface area contributed by atoms with Gasteiger partial charge in [0, 0.05) is 31.5 Å². The average Bonchev–Trinajstić information content (AvgIpc) is 2.81. The van der Waals surface area contributed by atoms with Gasteiger partial charge in [-0.1, -0.05) is 17.7 Å². The van der Waals surface area contributed by atoms with Crippen molar-refractivity contribution in [3.05, 3.63) is 52.6 Å². The summed E-state index contributed by atoms with van der Waals surface area (Å²) >= 11 is 6.08. The van der Waals surface area contributed by atoms with E-state index in [1.54, 1.807) is 30.6 Å². The number of aromatic nitrogens is 2. The minimum Gasteiger partial charge on any atom is -0.490 e. The fourth-order valence-electron chi connectivity index (χ4n) is 4.11. The van der Waals surface area contributed by atoms with E-state index in [1.807, 2.05) is 4.90 Å². The summed E-state index contributed by atoms with van der Waals surface area (Å²) in [5.74, 6) is 1.09. The summed E-state index contributed by atoms with van der Waals surface area (Å²) in [6.07, 6.45) is 7.63. The van der Waals surface area contributed by atoms with Crippen molar-refractivity contribution in [2.45, 2.75) is 56.8 Å². The number of piperidine rings is 1. The van der Waals surface area contributed by atoms with Crippen molar-refractivity contribution in [3.63, 3.8) is 0 Å². The van der Waals surface area contributed by atoms with Gasteiger partial charge in [0.2, 0.25) is 11.6 Å². The number of carbonyl (C=O) groups excluding carboxylic acids is 1. The lowest BCUT2D eigenvalue weighted by Crippen LogP contribution is -2.40. The quantitative estimate of drug-likeness (QED) is 0.667. The van der Waals surface area contributed by atoms with E-state index < -0.39 is 0 Å². The minimum atomic E-state index is -0.250. The number of hydrogen-bond acceptors (Lipinski definition) is 6. The van der Waals surface area contributed by atoms with Gasteiger partial charge in [0.15, 0.2) is 0 Å². The van der Waals surface area contributed by atoms with Crippen LogP contribution < -0.4 is 15.0 Å². The molecule has 2 aliphatic rings. The number of carbonyl (C=O) groups is 1. The maximum absolute atomic E-state index is 12.6. The van der Waals surface area contributed by atoms with Crippen LogP contribution in [0, 0.1) is 6.57 Å². The Morgan fingerprint density at radius 1 is 1.16 bits per heavy atom. The fourth-order valence-corrected chi connectivity index (χ4v) is 4.32. The predicted molar refractivity (Wildman–Crippen MR) is 121 cm³/mol. The monoisotopic (exact) mass is 455 g/mol. The molecule has 0 bridgehead atoms. The van der Waals surface area contributed by atoms with Crippen LogP contribution >= 0.6 is 11.6 Å². The number of aliphatic hydroxyl groups is 1. The van der Waals surface area contributed by atoms with Crippen molar-refractivity contribution >= 4 is 29.1 Å². The van der Waals surface area contributed by atoms with E-state index in [4.69, 9.17) is 22.9 Å². The second kappa shape index (κ2) is 10.2. The van der Waals surface area contributed by atoms with Gasteiger partial charge in [0.25, 0.3) is 5.91 Å². The number of benzene rings is 1. The van der Waals surface area contributed by atoms with E-state index >= 15 is 0 Å². The molecule has 4 rings (SSSR count). The van der Waals surface area contributed by atoms with E-state index in [0.29, 0.717) is 53.9 Å². The minimum absolute atomic E-state index is 0.0590. The van der Waals surface area contributed by atoms with Crippen LogP contribution in [0.5, 0.6) is 5.75 Å². The lowest BCUT2D eigenvalue weighted by molar-refractivity contribution is 0.0893. The van der Waals surface area contributed by atoms with Gasteiger partial charge in [-0.05, 0) is 50.7 Å². The van der Waals surface area contributed by atoms with E-state index in [-0.39, 0.29) is 24.2 Å². The molecule has 1 aliphatic carbocycles. The highest BCUT2D eigenvalue weighted by atomic mass is 35.5. The molecule has 1 saturated heterocycles. The topological polar surface area (TPSA) is 91.9 Å². The number of aliphatic hydroxyl groups excluding tert-OH is 1. The second-order valence-electron chi connectivity index (χ2n) is 8.28. The van der Waals surface area contributed by atoms with Gasteiger partial charge in [0.05, 0.1) is 29.4 Å². The summed E-state index contributed by atoms with van der Waals surface area (Å²) in [5, 5.41) is 13.1. The van der Waals surface area contributed by atoms with Crippen molar-refractivity contribution in [2.24, 2.45) is 0 Å². The number of halogens is 1. The first kappa shape index (κ1) is 22.3. The van der Waals surface area contributed by atoms with Crippen LogP contribution in [0.4, 0.5) is 11.6 Å². The number of rotatable bonds is 5. The maximum atomic E-state index is 12.6. The largest absolute Gasteiger partial charge is 0.490 e. The van der Waals surface area contributed by atoms with Gasteiger partial charge in [0.1, 0.15) is 5.75 Å². The molecule has 2 N–H and O–H groups in total.